The lowest BCUT2D eigenvalue weighted by Crippen LogP contribution is -2.13. The van der Waals surface area contributed by atoms with Crippen LogP contribution in [0.15, 0.2) is 65.4 Å². The van der Waals surface area contributed by atoms with E-state index < -0.39 is 0 Å². The fourth-order valence-corrected chi connectivity index (χ4v) is 2.44. The largest absolute Gasteiger partial charge is 0.324 e. The van der Waals surface area contributed by atoms with Crippen molar-refractivity contribution in [3.05, 3.63) is 76.5 Å². The molecule has 0 bridgehead atoms. The second-order valence-electron chi connectivity index (χ2n) is 5.25. The van der Waals surface area contributed by atoms with Crippen LogP contribution in [0, 0.1) is 6.92 Å². The molecule has 0 atom stereocenters. The van der Waals surface area contributed by atoms with E-state index in [1.165, 1.54) is 18.0 Å². The smallest absolute Gasteiger partial charge is 0.258 e. The quantitative estimate of drug-likeness (QED) is 0.694. The second kappa shape index (κ2) is 7.23. The third kappa shape index (κ3) is 4.17. The first-order valence-corrected chi connectivity index (χ1v) is 8.12. The summed E-state index contributed by atoms with van der Waals surface area (Å²) in [5.74, 6) is 0.188. The molecular formula is C18H15BrN4O. The minimum Gasteiger partial charge on any atom is -0.324 e. The van der Waals surface area contributed by atoms with Crippen molar-refractivity contribution < 1.29 is 4.79 Å². The number of anilines is 3. The number of hydrogen-bond acceptors (Lipinski definition) is 4. The van der Waals surface area contributed by atoms with Crippen LogP contribution in [0.1, 0.15) is 15.9 Å². The van der Waals surface area contributed by atoms with E-state index in [-0.39, 0.29) is 5.91 Å². The molecule has 0 saturated heterocycles. The predicted octanol–water partition coefficient (Wildman–Crippen LogP) is 4.54. The van der Waals surface area contributed by atoms with Crippen LogP contribution in [0.3, 0.4) is 0 Å². The Morgan fingerprint density at radius 2 is 1.71 bits per heavy atom. The van der Waals surface area contributed by atoms with Crippen molar-refractivity contribution in [2.24, 2.45) is 0 Å². The standard InChI is InChI=1S/C18H15BrN4O/c1-12-5-7-15(8-6-12)23-18-20-10-13(11-21-18)17(24)22-16-4-2-3-14(19)9-16/h2-11H,1H3,(H,22,24)(H,20,21,23). The predicted molar refractivity (Wildman–Crippen MR) is 98.6 cm³/mol. The van der Waals surface area contributed by atoms with Crippen molar-refractivity contribution >= 4 is 39.2 Å². The zero-order valence-electron chi connectivity index (χ0n) is 13.0. The van der Waals surface area contributed by atoms with Crippen LogP contribution in [0.25, 0.3) is 0 Å². The lowest BCUT2D eigenvalue weighted by molar-refractivity contribution is 0.102. The van der Waals surface area contributed by atoms with E-state index in [2.05, 4.69) is 36.5 Å². The minimum atomic E-state index is -0.255. The number of carbonyl (C=O) groups is 1. The number of aromatic nitrogens is 2. The van der Waals surface area contributed by atoms with E-state index >= 15 is 0 Å². The Hall–Kier alpha value is -2.73. The Morgan fingerprint density at radius 3 is 2.38 bits per heavy atom. The summed E-state index contributed by atoms with van der Waals surface area (Å²) in [6, 6.07) is 15.3. The maximum absolute atomic E-state index is 12.2. The van der Waals surface area contributed by atoms with E-state index in [0.29, 0.717) is 17.2 Å². The molecule has 6 heteroatoms. The van der Waals surface area contributed by atoms with Crippen LogP contribution in [-0.4, -0.2) is 15.9 Å². The van der Waals surface area contributed by atoms with Crippen molar-refractivity contribution in [1.29, 1.82) is 0 Å². The number of hydrogen-bond donors (Lipinski definition) is 2. The molecule has 120 valence electrons. The first kappa shape index (κ1) is 16.1. The third-order valence-electron chi connectivity index (χ3n) is 3.30. The fourth-order valence-electron chi connectivity index (χ4n) is 2.05. The Labute approximate surface area is 148 Å². The molecule has 2 aromatic carbocycles. The Balaban J connectivity index is 1.67. The number of halogens is 1. The molecule has 3 aromatic rings. The Bertz CT molecular complexity index is 848. The zero-order valence-corrected chi connectivity index (χ0v) is 14.5. The highest BCUT2D eigenvalue weighted by molar-refractivity contribution is 9.10. The maximum Gasteiger partial charge on any atom is 0.258 e. The summed E-state index contributed by atoms with van der Waals surface area (Å²) >= 11 is 3.37. The van der Waals surface area contributed by atoms with E-state index in [1.54, 1.807) is 0 Å². The molecule has 3 rings (SSSR count). The molecule has 0 aliphatic heterocycles. The molecule has 1 amide bonds. The molecule has 0 aliphatic carbocycles. The van der Waals surface area contributed by atoms with E-state index in [4.69, 9.17) is 0 Å². The van der Waals surface area contributed by atoms with Gasteiger partial charge < -0.3 is 10.6 Å². The minimum absolute atomic E-state index is 0.255. The second-order valence-corrected chi connectivity index (χ2v) is 6.17. The number of aryl methyl sites for hydroxylation is 1. The fraction of sp³-hybridized carbons (Fsp3) is 0.0556. The van der Waals surface area contributed by atoms with Gasteiger partial charge >= 0.3 is 0 Å². The van der Waals surface area contributed by atoms with Gasteiger partial charge in [0.05, 0.1) is 5.56 Å². The summed E-state index contributed by atoms with van der Waals surface area (Å²) in [6.45, 7) is 2.03. The molecule has 2 N–H and O–H groups in total. The van der Waals surface area contributed by atoms with Crippen LogP contribution in [0.5, 0.6) is 0 Å². The van der Waals surface area contributed by atoms with Crippen LogP contribution >= 0.6 is 15.9 Å². The van der Waals surface area contributed by atoms with Gasteiger partial charge in [-0.15, -0.1) is 0 Å². The van der Waals surface area contributed by atoms with Crippen LogP contribution in [0.2, 0.25) is 0 Å². The van der Waals surface area contributed by atoms with Crippen LogP contribution < -0.4 is 10.6 Å². The van der Waals surface area contributed by atoms with Gasteiger partial charge in [0, 0.05) is 28.2 Å². The summed E-state index contributed by atoms with van der Waals surface area (Å²) in [4.78, 5) is 20.6. The summed E-state index contributed by atoms with van der Waals surface area (Å²) in [5, 5.41) is 5.90. The SMILES string of the molecule is Cc1ccc(Nc2ncc(C(=O)Nc3cccc(Br)c3)cn2)cc1. The number of benzene rings is 2. The number of rotatable bonds is 4. The molecule has 0 spiro atoms. The molecule has 0 unspecified atom stereocenters. The molecule has 0 saturated carbocycles. The van der Waals surface area contributed by atoms with Crippen LogP contribution in [0.4, 0.5) is 17.3 Å². The van der Waals surface area contributed by atoms with E-state index in [0.717, 1.165) is 10.2 Å². The average molecular weight is 383 g/mol. The molecule has 0 radical (unpaired) electrons. The van der Waals surface area contributed by atoms with Crippen molar-refractivity contribution in [1.82, 2.24) is 9.97 Å². The van der Waals surface area contributed by atoms with Gasteiger partial charge in [-0.3, -0.25) is 4.79 Å². The Morgan fingerprint density at radius 1 is 1.00 bits per heavy atom. The highest BCUT2D eigenvalue weighted by atomic mass is 79.9. The number of carbonyl (C=O) groups excluding carboxylic acids is 1. The van der Waals surface area contributed by atoms with Crippen molar-refractivity contribution in [2.75, 3.05) is 10.6 Å². The molecule has 0 fully saturated rings. The van der Waals surface area contributed by atoms with Gasteiger partial charge in [-0.1, -0.05) is 39.7 Å². The topological polar surface area (TPSA) is 66.9 Å². The molecule has 1 heterocycles. The van der Waals surface area contributed by atoms with Gasteiger partial charge in [-0.2, -0.15) is 0 Å². The molecular weight excluding hydrogens is 368 g/mol. The van der Waals surface area contributed by atoms with E-state index in [9.17, 15) is 4.79 Å². The molecule has 5 nitrogen and oxygen atoms in total. The summed E-state index contributed by atoms with van der Waals surface area (Å²) in [5.41, 5.74) is 3.17. The van der Waals surface area contributed by atoms with Crippen molar-refractivity contribution in [3.63, 3.8) is 0 Å². The molecule has 24 heavy (non-hydrogen) atoms. The number of nitrogens with one attached hydrogen (secondary N) is 2. The van der Waals surface area contributed by atoms with Crippen molar-refractivity contribution in [2.45, 2.75) is 6.92 Å². The van der Waals surface area contributed by atoms with Crippen LogP contribution in [-0.2, 0) is 0 Å². The maximum atomic E-state index is 12.2. The lowest BCUT2D eigenvalue weighted by Gasteiger charge is -2.07. The average Bonchev–Trinajstić information content (AvgIpc) is 2.57. The number of amides is 1. The van der Waals surface area contributed by atoms with Gasteiger partial charge in [0.1, 0.15) is 0 Å². The van der Waals surface area contributed by atoms with Gasteiger partial charge in [-0.05, 0) is 37.3 Å². The summed E-state index contributed by atoms with van der Waals surface area (Å²) in [6.07, 6.45) is 2.99. The number of nitrogens with zero attached hydrogens (tertiary/aromatic N) is 2. The summed E-state index contributed by atoms with van der Waals surface area (Å²) in [7, 11) is 0. The van der Waals surface area contributed by atoms with Gasteiger partial charge in [0.25, 0.3) is 5.91 Å². The highest BCUT2D eigenvalue weighted by Crippen LogP contribution is 2.17. The zero-order chi connectivity index (χ0) is 16.9. The van der Waals surface area contributed by atoms with Crippen molar-refractivity contribution in [3.8, 4) is 0 Å². The monoisotopic (exact) mass is 382 g/mol. The van der Waals surface area contributed by atoms with E-state index in [1.807, 2.05) is 55.5 Å². The molecule has 1 aromatic heterocycles. The first-order chi connectivity index (χ1) is 11.6. The molecule has 0 aliphatic rings. The highest BCUT2D eigenvalue weighted by Gasteiger charge is 2.08. The van der Waals surface area contributed by atoms with Gasteiger partial charge in [0.15, 0.2) is 0 Å². The third-order valence-corrected chi connectivity index (χ3v) is 3.80. The summed E-state index contributed by atoms with van der Waals surface area (Å²) < 4.78 is 0.897. The lowest BCUT2D eigenvalue weighted by atomic mass is 10.2. The first-order valence-electron chi connectivity index (χ1n) is 7.33. The Kier molecular flexibility index (Phi) is 4.86. The normalized spacial score (nSPS) is 10.2. The van der Waals surface area contributed by atoms with Gasteiger partial charge in [-0.25, -0.2) is 9.97 Å². The van der Waals surface area contributed by atoms with Gasteiger partial charge in [0.2, 0.25) is 5.95 Å².